The molecule has 8 heterocycles. The van der Waals surface area contributed by atoms with Crippen molar-refractivity contribution >= 4 is 23.7 Å². The van der Waals surface area contributed by atoms with Crippen LogP contribution in [0.15, 0.2) is 221 Å². The third-order valence-electron chi connectivity index (χ3n) is 20.6. The lowest BCUT2D eigenvalue weighted by Crippen LogP contribution is -2.46. The molecule has 16 N–H and O–H groups in total. The van der Waals surface area contributed by atoms with Crippen LogP contribution in [0.25, 0.3) is 0 Å². The van der Waals surface area contributed by atoms with Gasteiger partial charge >= 0.3 is 17.9 Å². The third kappa shape index (κ3) is 40.1. The van der Waals surface area contributed by atoms with E-state index in [-0.39, 0.29) is 103 Å². The molecule has 8 aromatic heterocycles. The first-order valence-electron chi connectivity index (χ1n) is 43.4. The molecule has 0 bridgehead atoms. The summed E-state index contributed by atoms with van der Waals surface area (Å²) in [5.74, 6) is -5.82. The summed E-state index contributed by atoms with van der Waals surface area (Å²) in [4.78, 5) is 148. The van der Waals surface area contributed by atoms with Crippen molar-refractivity contribution in [3.63, 3.8) is 0 Å². The molecule has 1 atom stereocenters. The van der Waals surface area contributed by atoms with Crippen LogP contribution in [-0.2, 0) is 58.2 Å². The molecule has 752 valence electrons. The van der Waals surface area contributed by atoms with Gasteiger partial charge in [0.15, 0.2) is 46.0 Å². The highest BCUT2D eigenvalue weighted by Crippen LogP contribution is 2.27. The number of carboxylic acid groups (broad SMARTS) is 3. The maximum atomic E-state index is 12.2. The lowest BCUT2D eigenvalue weighted by atomic mass is 10.0. The number of carbonyl (C=O) groups excluding carboxylic acids is 1. The molecule has 0 saturated heterocycles. The van der Waals surface area contributed by atoms with Crippen LogP contribution in [0.1, 0.15) is 43.7 Å². The summed E-state index contributed by atoms with van der Waals surface area (Å²) < 4.78 is 28.7. The fourth-order valence-electron chi connectivity index (χ4n) is 12.5. The van der Waals surface area contributed by atoms with Crippen LogP contribution in [0.5, 0.6) is 69.5 Å². The average Bonchev–Trinajstić information content (AvgIpc) is 0.826. The number of hydrogen-bond donors (Lipinski definition) is 16. The number of carboxylic acids is 3. The molecule has 0 spiro atoms. The zero-order valence-corrected chi connectivity index (χ0v) is 77.6. The Morgan fingerprint density at radius 1 is 0.362 bits per heavy atom. The van der Waals surface area contributed by atoms with Gasteiger partial charge in [-0.3, -0.25) is 67.3 Å². The summed E-state index contributed by atoms with van der Waals surface area (Å²) in [6.45, 7) is 10.0. The van der Waals surface area contributed by atoms with Crippen LogP contribution >= 0.6 is 0 Å². The van der Waals surface area contributed by atoms with Gasteiger partial charge in [-0.05, 0) is 158 Å². The normalized spacial score (nSPS) is 11.1. The van der Waals surface area contributed by atoms with Crippen LogP contribution < -0.4 is 68.7 Å². The van der Waals surface area contributed by atoms with Crippen molar-refractivity contribution in [1.29, 1.82) is 0 Å². The van der Waals surface area contributed by atoms with Crippen LogP contribution in [0.4, 0.5) is 0 Å². The van der Waals surface area contributed by atoms with Crippen molar-refractivity contribution in [3.8, 4) is 69.5 Å². The average molecular weight is 1940 g/mol. The Kier molecular flexibility index (Phi) is 48.7. The second-order valence-corrected chi connectivity index (χ2v) is 31.3. The number of aromatic hydroxyl groups is 8. The molecule has 0 aliphatic carbocycles. The van der Waals surface area contributed by atoms with Gasteiger partial charge in [-0.2, -0.15) is 0 Å². The number of hydrogen-bond acceptors (Lipinski definition) is 35. The van der Waals surface area contributed by atoms with E-state index < -0.39 is 98.9 Å². The first-order valence-corrected chi connectivity index (χ1v) is 43.4. The molecular weight excluding hydrogens is 1810 g/mol. The van der Waals surface area contributed by atoms with Gasteiger partial charge in [0.1, 0.15) is 38.3 Å². The lowest BCUT2D eigenvalue weighted by Gasteiger charge is -2.25. The highest BCUT2D eigenvalue weighted by atomic mass is 16.6. The Morgan fingerprint density at radius 2 is 0.667 bits per heavy atom. The summed E-state index contributed by atoms with van der Waals surface area (Å²) in [5.41, 5.74) is -2.30. The van der Waals surface area contributed by atoms with Gasteiger partial charge in [-0.1, -0.05) is 49.7 Å². The predicted molar refractivity (Wildman–Crippen MR) is 502 cm³/mol. The molecule has 46 nitrogen and oxygen atoms in total. The highest BCUT2D eigenvalue weighted by molar-refractivity contribution is 5.80. The first kappa shape index (κ1) is 113. The minimum absolute atomic E-state index is 0.0437. The number of aliphatic carboxylic acids is 3. The second-order valence-electron chi connectivity index (χ2n) is 31.3. The van der Waals surface area contributed by atoms with Gasteiger partial charge in [-0.25, -0.2) is 0 Å². The molecular formula is C92H123N15O31. The number of phenols is 4. The SMILES string of the molecule is CCC(=O)C(Cn1cccc(O)c1=O)Cn1cccc(O)c1=O.CN(CCOc1cccc(=O)n1O)CCN(C)CCOc1cccc(=O)n1O.CN(CCOc1cccc(=O)n1O)CCOc1cccc(=O)n1O.CN(CCc1ccc(O)c(O)c1)CCc1ccc(O)c(O)c1.CN(CCn1cccc(O)c1=O)CCn1cccc(O)c1=O.CNCCCCC(C(=O)O)N(CC(=O)O)CC(=O)O. The Morgan fingerprint density at radius 3 is 0.971 bits per heavy atom. The minimum Gasteiger partial charge on any atom is -0.504 e. The third-order valence-corrected chi connectivity index (χ3v) is 20.6. The molecule has 1 unspecified atom stereocenters. The van der Waals surface area contributed by atoms with Crippen molar-refractivity contribution in [2.24, 2.45) is 5.92 Å². The molecule has 0 saturated carbocycles. The zero-order valence-electron chi connectivity index (χ0n) is 77.6. The Balaban J connectivity index is 0.000000293. The second kappa shape index (κ2) is 59.4. The number of ether oxygens (including phenoxy) is 4. The molecule has 0 aliphatic heterocycles. The summed E-state index contributed by atoms with van der Waals surface area (Å²) >= 11 is 0. The monoisotopic (exact) mass is 1930 g/mol. The van der Waals surface area contributed by atoms with Crippen molar-refractivity contribution in [1.82, 2.24) is 71.9 Å². The molecule has 2 aromatic carbocycles. The number of unbranched alkanes of at least 4 members (excludes halogenated alkanes) is 1. The van der Waals surface area contributed by atoms with E-state index in [1.807, 2.05) is 45.0 Å². The highest BCUT2D eigenvalue weighted by Gasteiger charge is 2.29. The standard InChI is InChI=1S/C18H26N4O6.C17H21NO4.C16H18N2O5.C15H19N3O6.C15H19N3O4.C11H20N2O6/c1-19(11-13-27-17-7-3-5-15(23)21(17)25)9-10-20(2)12-14-28-18-8-4-6-16(24)22(18)26;1-18(8-6-12-2-4-14(19)16(21)10-12)9-7-13-3-5-15(20)17(22)11-13;1-2-12(19)11(9-17-7-3-5-13(20)15(17)22)10-18-8-4-6-14(21)16(18)23;1-16(8-10-23-14-6-2-4-12(19)17(14)21)9-11-24-15-7-3-5-13(20)18(15)22;1-16(8-10-17-6-2-4-12(19)14(17)21)9-11-18-7-3-5-13(20)15(18)22;1-12-5-3-2-4-8(11(18)19)13(6-9(14)15)7-10(16)17/h3-8,25-26H,9-14H2,1-2H3;2-5,10-11,19-22H,6-9H2,1H3;3-8,11,20-21H,2,9-10H2,1H3;2-7,21-22H,8-11H2,1H3;2-7,19-20H,8-11H2,1H3;8,12H,2-7H2,1H3,(H,14,15)(H,16,17)(H,18,19). The van der Waals surface area contributed by atoms with Gasteiger partial charge in [0.05, 0.1) is 19.0 Å². The van der Waals surface area contributed by atoms with E-state index in [1.54, 1.807) is 62.8 Å². The summed E-state index contributed by atoms with van der Waals surface area (Å²) in [6, 6.07) is 37.1. The van der Waals surface area contributed by atoms with Crippen LogP contribution in [0, 0.1) is 5.92 Å². The quantitative estimate of drug-likeness (QED) is 0.0147. The molecule has 0 fully saturated rings. The Labute approximate surface area is 790 Å². The Bertz CT molecular complexity index is 5680. The number of benzene rings is 2. The molecule has 10 rings (SSSR count). The number of rotatable bonds is 48. The number of phenolic OH excluding ortho intramolecular Hbond substituents is 4. The maximum absolute atomic E-state index is 12.2. The largest absolute Gasteiger partial charge is 0.504 e. The fourth-order valence-corrected chi connectivity index (χ4v) is 12.5. The van der Waals surface area contributed by atoms with E-state index in [1.165, 1.54) is 152 Å². The zero-order chi connectivity index (χ0) is 102. The minimum atomic E-state index is -1.25. The van der Waals surface area contributed by atoms with Crippen molar-refractivity contribution in [2.45, 2.75) is 77.7 Å². The summed E-state index contributed by atoms with van der Waals surface area (Å²) in [7, 11) is 11.4. The lowest BCUT2D eigenvalue weighted by molar-refractivity contribution is -0.149. The predicted octanol–water partition coefficient (Wildman–Crippen LogP) is 1.98. The number of ketones is 1. The first-order chi connectivity index (χ1) is 65.6. The van der Waals surface area contributed by atoms with E-state index in [0.717, 1.165) is 68.0 Å². The molecule has 0 aliphatic rings. The number of pyridine rings is 8. The van der Waals surface area contributed by atoms with E-state index in [9.17, 15) is 119 Å². The summed E-state index contributed by atoms with van der Waals surface area (Å²) in [5, 5.41) is 143. The van der Waals surface area contributed by atoms with E-state index in [0.29, 0.717) is 90.9 Å². The van der Waals surface area contributed by atoms with Crippen LogP contribution in [0.2, 0.25) is 0 Å². The van der Waals surface area contributed by atoms with Crippen LogP contribution in [0.3, 0.4) is 0 Å². The fraction of sp³-hybridized carbons (Fsp3) is 0.391. The van der Waals surface area contributed by atoms with Gasteiger partial charge < -0.3 is 139 Å². The summed E-state index contributed by atoms with van der Waals surface area (Å²) in [6.07, 6.45) is 9.53. The van der Waals surface area contributed by atoms with E-state index in [2.05, 4.69) is 20.0 Å². The number of nitrogens with zero attached hydrogens (tertiary/aromatic N) is 14. The molecule has 46 heteroatoms. The Hall–Kier alpha value is -15.4. The molecule has 138 heavy (non-hydrogen) atoms. The van der Waals surface area contributed by atoms with Gasteiger partial charge in [0.25, 0.3) is 44.5 Å². The molecule has 0 amide bonds. The van der Waals surface area contributed by atoms with Gasteiger partial charge in [-0.15, -0.1) is 18.9 Å². The van der Waals surface area contributed by atoms with Crippen LogP contribution in [-0.4, -0.2) is 327 Å². The van der Waals surface area contributed by atoms with Crippen molar-refractivity contribution in [2.75, 3.05) is 154 Å². The van der Waals surface area contributed by atoms with E-state index in [4.69, 9.17) is 34.3 Å². The maximum Gasteiger partial charge on any atom is 0.320 e. The molecule has 10 aromatic rings. The smallest absolute Gasteiger partial charge is 0.320 e. The van der Waals surface area contributed by atoms with Gasteiger partial charge in [0, 0.05) is 171 Å². The molecule has 0 radical (unpaired) electrons. The van der Waals surface area contributed by atoms with E-state index >= 15 is 0 Å². The van der Waals surface area contributed by atoms with Gasteiger partial charge in [0.2, 0.25) is 23.5 Å². The number of carbonyl (C=O) groups is 4. The number of Topliss-reactive ketones (excluding diaryl/α,β-unsaturated/α-hetero) is 1. The van der Waals surface area contributed by atoms with Crippen molar-refractivity contribution < 1.29 is 115 Å². The number of aromatic nitrogens is 8. The van der Waals surface area contributed by atoms with Crippen molar-refractivity contribution in [3.05, 3.63) is 276 Å². The number of nitrogens with one attached hydrogen (secondary N) is 1. The topological polar surface area (TPSA) is 616 Å². The number of likely N-dealkylation sites (N-methyl/N-ethyl adjacent to an activating group) is 5.